The highest BCUT2D eigenvalue weighted by molar-refractivity contribution is 7.18. The average Bonchev–Trinajstić information content (AvgIpc) is 2.65. The van der Waals surface area contributed by atoms with E-state index in [1.165, 1.54) is 22.5 Å². The highest BCUT2D eigenvalue weighted by Gasteiger charge is 2.09. The number of hydrogen-bond donors (Lipinski definition) is 1. The van der Waals surface area contributed by atoms with Gasteiger partial charge in [-0.2, -0.15) is 0 Å². The van der Waals surface area contributed by atoms with E-state index >= 15 is 0 Å². The summed E-state index contributed by atoms with van der Waals surface area (Å²) in [5.41, 5.74) is 8.25. The van der Waals surface area contributed by atoms with Crippen molar-refractivity contribution in [3.05, 3.63) is 36.0 Å². The Labute approximate surface area is 93.8 Å². The number of nitrogens with two attached hydrogens (primary N) is 1. The van der Waals surface area contributed by atoms with Crippen molar-refractivity contribution in [3.63, 3.8) is 0 Å². The summed E-state index contributed by atoms with van der Waals surface area (Å²) < 4.78 is 0. The maximum absolute atomic E-state index is 5.65. The maximum Gasteiger partial charge on any atom is 0.180 e. The minimum atomic E-state index is 0.518. The van der Waals surface area contributed by atoms with Crippen molar-refractivity contribution in [3.8, 4) is 10.4 Å². The van der Waals surface area contributed by atoms with Crippen LogP contribution in [0, 0.1) is 0 Å². The van der Waals surface area contributed by atoms with Crippen molar-refractivity contribution in [2.45, 2.75) is 19.8 Å². The van der Waals surface area contributed by atoms with Gasteiger partial charge in [-0.3, -0.25) is 0 Å². The molecule has 0 aliphatic heterocycles. The van der Waals surface area contributed by atoms with Crippen molar-refractivity contribution in [2.75, 3.05) is 5.73 Å². The first-order valence-corrected chi connectivity index (χ1v) is 5.80. The number of rotatable bonds is 2. The zero-order chi connectivity index (χ0) is 10.8. The molecule has 2 rings (SSSR count). The number of anilines is 1. The van der Waals surface area contributed by atoms with E-state index in [9.17, 15) is 0 Å². The summed E-state index contributed by atoms with van der Waals surface area (Å²) in [5, 5.41) is 0.628. The summed E-state index contributed by atoms with van der Waals surface area (Å²) in [5.74, 6) is 0.518. The van der Waals surface area contributed by atoms with E-state index in [1.807, 2.05) is 6.20 Å². The Kier molecular flexibility index (Phi) is 2.73. The van der Waals surface area contributed by atoms with Crippen LogP contribution in [0.3, 0.4) is 0 Å². The molecule has 3 heteroatoms. The van der Waals surface area contributed by atoms with Gasteiger partial charge in [0.05, 0.1) is 4.88 Å². The Morgan fingerprint density at radius 3 is 2.60 bits per heavy atom. The molecule has 0 unspecified atom stereocenters. The normalized spacial score (nSPS) is 10.9. The molecular weight excluding hydrogens is 204 g/mol. The molecule has 0 fully saturated rings. The molecule has 0 bridgehead atoms. The third-order valence-corrected chi connectivity index (χ3v) is 3.23. The van der Waals surface area contributed by atoms with Crippen molar-refractivity contribution in [1.29, 1.82) is 0 Å². The van der Waals surface area contributed by atoms with Gasteiger partial charge in [0.25, 0.3) is 0 Å². The third-order valence-electron chi connectivity index (χ3n) is 2.37. The van der Waals surface area contributed by atoms with Crippen LogP contribution >= 0.6 is 11.3 Å². The number of nitrogens with zero attached hydrogens (tertiary/aromatic N) is 1. The molecule has 1 aromatic carbocycles. The Bertz CT molecular complexity index is 460. The molecule has 0 aliphatic carbocycles. The van der Waals surface area contributed by atoms with Crippen LogP contribution in [0.1, 0.15) is 25.3 Å². The van der Waals surface area contributed by atoms with Gasteiger partial charge in [-0.25, -0.2) is 4.98 Å². The van der Waals surface area contributed by atoms with Gasteiger partial charge in [0.15, 0.2) is 5.13 Å². The fraction of sp³-hybridized carbons (Fsp3) is 0.250. The van der Waals surface area contributed by atoms with Gasteiger partial charge < -0.3 is 5.73 Å². The van der Waals surface area contributed by atoms with Gasteiger partial charge in [0.1, 0.15) is 0 Å². The van der Waals surface area contributed by atoms with Gasteiger partial charge in [0, 0.05) is 6.20 Å². The molecule has 78 valence electrons. The second-order valence-corrected chi connectivity index (χ2v) is 4.87. The molecule has 0 radical (unpaired) electrons. The van der Waals surface area contributed by atoms with E-state index in [-0.39, 0.29) is 0 Å². The standard InChI is InChI=1S/C12H14N2S/c1-8(2)9-5-3-4-6-10(9)11-7-14-12(13)15-11/h3-8H,1-2H3,(H2,13,14). The van der Waals surface area contributed by atoms with E-state index < -0.39 is 0 Å². The molecular formula is C12H14N2S. The number of thiazole rings is 1. The number of nitrogen functional groups attached to an aromatic ring is 1. The van der Waals surface area contributed by atoms with E-state index in [0.717, 1.165) is 4.88 Å². The first-order chi connectivity index (χ1) is 7.18. The van der Waals surface area contributed by atoms with Gasteiger partial charge in [-0.15, -0.1) is 0 Å². The molecule has 1 heterocycles. The minimum absolute atomic E-state index is 0.518. The number of aromatic nitrogens is 1. The molecule has 15 heavy (non-hydrogen) atoms. The molecule has 1 aromatic heterocycles. The second kappa shape index (κ2) is 4.03. The van der Waals surface area contributed by atoms with Gasteiger partial charge in [-0.1, -0.05) is 49.4 Å². The van der Waals surface area contributed by atoms with Crippen LogP contribution in [-0.4, -0.2) is 4.98 Å². The summed E-state index contributed by atoms with van der Waals surface area (Å²) in [6.45, 7) is 4.40. The van der Waals surface area contributed by atoms with E-state index in [4.69, 9.17) is 5.73 Å². The quantitative estimate of drug-likeness (QED) is 0.837. The molecule has 2 nitrogen and oxygen atoms in total. The van der Waals surface area contributed by atoms with Crippen LogP contribution in [0.15, 0.2) is 30.5 Å². The lowest BCUT2D eigenvalue weighted by Crippen LogP contribution is -1.90. The van der Waals surface area contributed by atoms with Crippen LogP contribution in [0.5, 0.6) is 0 Å². The zero-order valence-corrected chi connectivity index (χ0v) is 9.71. The van der Waals surface area contributed by atoms with Crippen LogP contribution in [0.2, 0.25) is 0 Å². The summed E-state index contributed by atoms with van der Waals surface area (Å²) in [7, 11) is 0. The lowest BCUT2D eigenvalue weighted by molar-refractivity contribution is 0.869. The predicted molar refractivity (Wildman–Crippen MR) is 66.1 cm³/mol. The molecule has 0 atom stereocenters. The lowest BCUT2D eigenvalue weighted by Gasteiger charge is -2.10. The van der Waals surface area contributed by atoms with Gasteiger partial charge >= 0.3 is 0 Å². The van der Waals surface area contributed by atoms with E-state index in [2.05, 4.69) is 43.1 Å². The van der Waals surface area contributed by atoms with E-state index in [1.54, 1.807) is 0 Å². The summed E-state index contributed by atoms with van der Waals surface area (Å²) >= 11 is 1.54. The predicted octanol–water partition coefficient (Wildman–Crippen LogP) is 3.52. The van der Waals surface area contributed by atoms with Crippen molar-refractivity contribution >= 4 is 16.5 Å². The Morgan fingerprint density at radius 2 is 2.00 bits per heavy atom. The van der Waals surface area contributed by atoms with Crippen LogP contribution in [0.4, 0.5) is 5.13 Å². The molecule has 0 spiro atoms. The van der Waals surface area contributed by atoms with Gasteiger partial charge in [0.2, 0.25) is 0 Å². The summed E-state index contributed by atoms with van der Waals surface area (Å²) in [4.78, 5) is 5.24. The Balaban J connectivity index is 2.52. The molecule has 2 N–H and O–H groups in total. The molecule has 0 saturated heterocycles. The second-order valence-electron chi connectivity index (χ2n) is 3.80. The zero-order valence-electron chi connectivity index (χ0n) is 8.90. The Hall–Kier alpha value is -1.35. The highest BCUT2D eigenvalue weighted by Crippen LogP contribution is 2.33. The molecule has 0 aliphatic rings. The first-order valence-electron chi connectivity index (χ1n) is 4.99. The summed E-state index contributed by atoms with van der Waals surface area (Å²) in [6.07, 6.45) is 1.85. The first kappa shape index (κ1) is 10.2. The molecule has 0 amide bonds. The molecule has 2 aromatic rings. The topological polar surface area (TPSA) is 38.9 Å². The number of benzene rings is 1. The van der Waals surface area contributed by atoms with Crippen LogP contribution in [-0.2, 0) is 0 Å². The van der Waals surface area contributed by atoms with Crippen LogP contribution < -0.4 is 5.73 Å². The average molecular weight is 218 g/mol. The minimum Gasteiger partial charge on any atom is -0.375 e. The largest absolute Gasteiger partial charge is 0.375 e. The van der Waals surface area contributed by atoms with Crippen molar-refractivity contribution < 1.29 is 0 Å². The number of hydrogen-bond acceptors (Lipinski definition) is 3. The third kappa shape index (κ3) is 2.02. The monoisotopic (exact) mass is 218 g/mol. The van der Waals surface area contributed by atoms with Crippen LogP contribution in [0.25, 0.3) is 10.4 Å². The van der Waals surface area contributed by atoms with E-state index in [0.29, 0.717) is 11.0 Å². The SMILES string of the molecule is CC(C)c1ccccc1-c1cnc(N)s1. The van der Waals surface area contributed by atoms with Crippen molar-refractivity contribution in [2.24, 2.45) is 0 Å². The Morgan fingerprint density at radius 1 is 1.27 bits per heavy atom. The highest BCUT2D eigenvalue weighted by atomic mass is 32.1. The summed E-state index contributed by atoms with van der Waals surface area (Å²) in [6, 6.07) is 8.42. The fourth-order valence-corrected chi connectivity index (χ4v) is 2.37. The smallest absolute Gasteiger partial charge is 0.180 e. The van der Waals surface area contributed by atoms with Crippen molar-refractivity contribution in [1.82, 2.24) is 4.98 Å². The van der Waals surface area contributed by atoms with Gasteiger partial charge in [-0.05, 0) is 17.0 Å². The maximum atomic E-state index is 5.65. The fourth-order valence-electron chi connectivity index (χ4n) is 1.64. The lowest BCUT2D eigenvalue weighted by atomic mass is 9.97. The molecule has 0 saturated carbocycles.